The van der Waals surface area contributed by atoms with E-state index in [0.29, 0.717) is 11.3 Å². The number of carbonyl (C=O) groups excluding carboxylic acids is 1. The van der Waals surface area contributed by atoms with Gasteiger partial charge in [0.25, 0.3) is 0 Å². The Bertz CT molecular complexity index is 698. The van der Waals surface area contributed by atoms with Crippen molar-refractivity contribution in [1.82, 2.24) is 4.83 Å². The Balaban J connectivity index is 1.83. The van der Waals surface area contributed by atoms with E-state index in [0.717, 1.165) is 16.0 Å². The predicted octanol–water partition coefficient (Wildman–Crippen LogP) is 3.16. The Morgan fingerprint density at radius 1 is 1.25 bits per heavy atom. The summed E-state index contributed by atoms with van der Waals surface area (Å²) in [6, 6.07) is 12.9. The number of rotatable bonds is 2. The van der Waals surface area contributed by atoms with Gasteiger partial charge in [0.2, 0.25) is 0 Å². The Hall–Kier alpha value is -2.27. The van der Waals surface area contributed by atoms with Crippen LogP contribution in [0.3, 0.4) is 0 Å². The molecule has 0 saturated carbocycles. The van der Waals surface area contributed by atoms with Crippen LogP contribution >= 0.6 is 11.9 Å². The highest BCUT2D eigenvalue weighted by Gasteiger charge is 2.13. The number of hydrazone groups is 1. The molecule has 0 amide bonds. The molecule has 0 spiro atoms. The molecule has 0 fully saturated rings. The summed E-state index contributed by atoms with van der Waals surface area (Å²) in [5, 5.41) is 3.95. The largest absolute Gasteiger partial charge is 0.423 e. The van der Waals surface area contributed by atoms with E-state index in [-0.39, 0.29) is 5.97 Å². The molecule has 2 aromatic rings. The van der Waals surface area contributed by atoms with Crippen molar-refractivity contribution in [1.29, 1.82) is 0 Å². The Morgan fingerprint density at radius 2 is 2.10 bits per heavy atom. The molecule has 0 saturated heterocycles. The van der Waals surface area contributed by atoms with E-state index in [2.05, 4.69) is 9.93 Å². The molecule has 0 aliphatic carbocycles. The lowest BCUT2D eigenvalue weighted by atomic mass is 10.1. The average molecular weight is 284 g/mol. The second-order valence-corrected chi connectivity index (χ2v) is 5.18. The molecule has 1 aliphatic heterocycles. The van der Waals surface area contributed by atoms with Crippen molar-refractivity contribution in [3.8, 4) is 5.75 Å². The molecular weight excluding hydrogens is 272 g/mol. The molecule has 1 heterocycles. The summed E-state index contributed by atoms with van der Waals surface area (Å²) in [6.07, 6.45) is 1.73. The first kappa shape index (κ1) is 12.7. The van der Waals surface area contributed by atoms with E-state index in [9.17, 15) is 4.79 Å². The summed E-state index contributed by atoms with van der Waals surface area (Å²) < 4.78 is 5.42. The minimum absolute atomic E-state index is 0.342. The lowest BCUT2D eigenvalue weighted by molar-refractivity contribution is 0.0733. The molecule has 0 aromatic heterocycles. The van der Waals surface area contributed by atoms with Gasteiger partial charge in [-0.15, -0.1) is 0 Å². The number of hydrogen-bond acceptors (Lipinski definition) is 5. The maximum Gasteiger partial charge on any atom is 0.343 e. The van der Waals surface area contributed by atoms with Gasteiger partial charge in [0, 0.05) is 22.4 Å². The van der Waals surface area contributed by atoms with Crippen LogP contribution in [0.4, 0.5) is 0 Å². The fourth-order valence-electron chi connectivity index (χ4n) is 1.91. The van der Waals surface area contributed by atoms with Crippen LogP contribution in [0, 0.1) is 6.92 Å². The molecule has 4 nitrogen and oxygen atoms in total. The molecule has 0 atom stereocenters. The number of fused-ring (bicyclic) bond motifs is 1. The topological polar surface area (TPSA) is 50.7 Å². The van der Waals surface area contributed by atoms with Crippen LogP contribution in [-0.2, 0) is 0 Å². The third-order valence-electron chi connectivity index (χ3n) is 2.97. The first-order chi connectivity index (χ1) is 9.74. The number of carbonyl (C=O) groups is 1. The Labute approximate surface area is 121 Å². The third kappa shape index (κ3) is 2.53. The maximum atomic E-state index is 12.1. The zero-order valence-electron chi connectivity index (χ0n) is 10.8. The maximum absolute atomic E-state index is 12.1. The molecule has 5 heteroatoms. The summed E-state index contributed by atoms with van der Waals surface area (Å²) in [6.45, 7) is 1.89. The molecule has 0 radical (unpaired) electrons. The van der Waals surface area contributed by atoms with Crippen LogP contribution in [0.5, 0.6) is 5.75 Å². The van der Waals surface area contributed by atoms with Crippen LogP contribution in [0.2, 0.25) is 0 Å². The van der Waals surface area contributed by atoms with Gasteiger partial charge in [0.1, 0.15) is 5.75 Å². The number of nitrogens with zero attached hydrogens (tertiary/aromatic N) is 1. The third-order valence-corrected chi connectivity index (χ3v) is 3.74. The molecule has 1 aliphatic rings. The number of hydrogen-bond donors (Lipinski definition) is 1. The van der Waals surface area contributed by atoms with Gasteiger partial charge >= 0.3 is 5.97 Å². The molecule has 3 rings (SSSR count). The molecule has 100 valence electrons. The van der Waals surface area contributed by atoms with E-state index in [1.165, 1.54) is 11.9 Å². The minimum atomic E-state index is -0.342. The zero-order valence-corrected chi connectivity index (χ0v) is 11.6. The van der Waals surface area contributed by atoms with E-state index >= 15 is 0 Å². The molecule has 0 unspecified atom stereocenters. The number of aryl methyl sites for hydroxylation is 1. The van der Waals surface area contributed by atoms with Crippen molar-refractivity contribution in [3.63, 3.8) is 0 Å². The highest BCUT2D eigenvalue weighted by atomic mass is 32.2. The van der Waals surface area contributed by atoms with Crippen LogP contribution in [0.15, 0.2) is 52.5 Å². The fraction of sp³-hybridized carbons (Fsp3) is 0.0667. The highest BCUT2D eigenvalue weighted by molar-refractivity contribution is 7.97. The number of esters is 1. The fourth-order valence-corrected chi connectivity index (χ4v) is 2.53. The zero-order chi connectivity index (χ0) is 13.9. The molecule has 0 bridgehead atoms. The summed E-state index contributed by atoms with van der Waals surface area (Å²) in [7, 11) is 0. The van der Waals surface area contributed by atoms with Crippen molar-refractivity contribution in [2.45, 2.75) is 11.8 Å². The quantitative estimate of drug-likeness (QED) is 0.523. The summed E-state index contributed by atoms with van der Waals surface area (Å²) >= 11 is 1.39. The van der Waals surface area contributed by atoms with Crippen LogP contribution in [-0.4, -0.2) is 12.2 Å². The predicted molar refractivity (Wildman–Crippen MR) is 79.2 cm³/mol. The standard InChI is InChI=1S/C15H12N2O2S/c1-10-4-2-3-5-13(10)15(18)19-12-7-6-11-9-16-17-20-14(11)8-12/h2-9,17H,1H3. The summed E-state index contributed by atoms with van der Waals surface area (Å²) in [5.74, 6) is 0.187. The lowest BCUT2D eigenvalue weighted by Gasteiger charge is -2.12. The van der Waals surface area contributed by atoms with Crippen LogP contribution < -0.4 is 9.57 Å². The van der Waals surface area contributed by atoms with Gasteiger partial charge in [-0.3, -0.25) is 0 Å². The number of nitrogens with one attached hydrogen (secondary N) is 1. The summed E-state index contributed by atoms with van der Waals surface area (Å²) in [5.41, 5.74) is 2.49. The monoisotopic (exact) mass is 284 g/mol. The summed E-state index contributed by atoms with van der Waals surface area (Å²) in [4.78, 5) is 15.9. The Morgan fingerprint density at radius 3 is 2.95 bits per heavy atom. The van der Waals surface area contributed by atoms with E-state index < -0.39 is 0 Å². The minimum Gasteiger partial charge on any atom is -0.423 e. The van der Waals surface area contributed by atoms with Crippen molar-refractivity contribution >= 4 is 24.1 Å². The smallest absolute Gasteiger partial charge is 0.343 e. The SMILES string of the molecule is Cc1ccccc1C(=O)Oc1ccc2c(c1)SNN=C2. The lowest BCUT2D eigenvalue weighted by Crippen LogP contribution is -2.10. The van der Waals surface area contributed by atoms with Gasteiger partial charge in [-0.1, -0.05) is 18.2 Å². The van der Waals surface area contributed by atoms with Gasteiger partial charge in [0.05, 0.1) is 11.8 Å². The van der Waals surface area contributed by atoms with E-state index in [4.69, 9.17) is 4.74 Å². The first-order valence-electron chi connectivity index (χ1n) is 6.11. The first-order valence-corrected chi connectivity index (χ1v) is 6.92. The second-order valence-electron chi connectivity index (χ2n) is 4.36. The molecule has 20 heavy (non-hydrogen) atoms. The van der Waals surface area contributed by atoms with Gasteiger partial charge in [-0.2, -0.15) is 5.10 Å². The second kappa shape index (κ2) is 5.38. The number of benzene rings is 2. The number of ether oxygens (including phenoxy) is 1. The van der Waals surface area contributed by atoms with Gasteiger partial charge < -0.3 is 4.74 Å². The van der Waals surface area contributed by atoms with E-state index in [1.807, 2.05) is 37.3 Å². The van der Waals surface area contributed by atoms with Crippen molar-refractivity contribution in [3.05, 3.63) is 59.2 Å². The van der Waals surface area contributed by atoms with Crippen molar-refractivity contribution in [2.75, 3.05) is 0 Å². The van der Waals surface area contributed by atoms with E-state index in [1.54, 1.807) is 18.3 Å². The van der Waals surface area contributed by atoms with Gasteiger partial charge in [-0.05, 0) is 36.8 Å². The van der Waals surface area contributed by atoms with Gasteiger partial charge in [-0.25, -0.2) is 9.63 Å². The van der Waals surface area contributed by atoms with Crippen LogP contribution in [0.1, 0.15) is 21.5 Å². The van der Waals surface area contributed by atoms with Crippen molar-refractivity contribution in [2.24, 2.45) is 5.10 Å². The molecular formula is C15H12N2O2S. The van der Waals surface area contributed by atoms with Crippen molar-refractivity contribution < 1.29 is 9.53 Å². The average Bonchev–Trinajstić information content (AvgIpc) is 2.47. The van der Waals surface area contributed by atoms with Gasteiger partial charge in [0.15, 0.2) is 0 Å². The molecule has 2 aromatic carbocycles. The van der Waals surface area contributed by atoms with Crippen LogP contribution in [0.25, 0.3) is 0 Å². The molecule has 1 N–H and O–H groups in total. The Kier molecular flexibility index (Phi) is 3.43. The normalized spacial score (nSPS) is 12.4. The highest BCUT2D eigenvalue weighted by Crippen LogP contribution is 2.27.